The summed E-state index contributed by atoms with van der Waals surface area (Å²) in [7, 11) is 0. The molecule has 0 amide bonds. The SMILES string of the molecule is N#CC(=Cc1ccco1)c1csc2ccccc12. The lowest BCUT2D eigenvalue weighted by Gasteiger charge is -1.96. The summed E-state index contributed by atoms with van der Waals surface area (Å²) in [6.07, 6.45) is 3.38. The Morgan fingerprint density at radius 1 is 1.22 bits per heavy atom. The molecule has 2 heterocycles. The highest BCUT2D eigenvalue weighted by Crippen LogP contribution is 2.31. The van der Waals surface area contributed by atoms with Crippen LogP contribution in [0.5, 0.6) is 0 Å². The number of allylic oxidation sites excluding steroid dienone is 1. The molecule has 0 N–H and O–H groups in total. The van der Waals surface area contributed by atoms with Crippen molar-refractivity contribution in [1.29, 1.82) is 5.26 Å². The van der Waals surface area contributed by atoms with E-state index in [0.29, 0.717) is 11.3 Å². The Morgan fingerprint density at radius 2 is 2.11 bits per heavy atom. The Balaban J connectivity index is 2.16. The number of furan rings is 1. The van der Waals surface area contributed by atoms with E-state index in [9.17, 15) is 5.26 Å². The summed E-state index contributed by atoms with van der Waals surface area (Å²) in [5.74, 6) is 0.696. The van der Waals surface area contributed by atoms with Crippen LogP contribution in [0.2, 0.25) is 0 Å². The van der Waals surface area contributed by atoms with E-state index in [1.165, 1.54) is 4.70 Å². The van der Waals surface area contributed by atoms with Gasteiger partial charge in [0.2, 0.25) is 0 Å². The summed E-state index contributed by atoms with van der Waals surface area (Å²) in [5, 5.41) is 12.4. The first-order valence-electron chi connectivity index (χ1n) is 5.50. The van der Waals surface area contributed by atoms with Gasteiger partial charge in [0.25, 0.3) is 0 Å². The van der Waals surface area contributed by atoms with Crippen molar-refractivity contribution in [3.63, 3.8) is 0 Å². The summed E-state index contributed by atoms with van der Waals surface area (Å²) in [6.45, 7) is 0. The third-order valence-electron chi connectivity index (χ3n) is 2.72. The molecule has 0 atom stereocenters. The Hall–Kier alpha value is -2.31. The third kappa shape index (κ3) is 1.83. The van der Waals surface area contributed by atoms with Gasteiger partial charge in [0.05, 0.1) is 17.9 Å². The van der Waals surface area contributed by atoms with Crippen molar-refractivity contribution < 1.29 is 4.42 Å². The molecule has 0 aliphatic rings. The molecule has 0 aliphatic carbocycles. The summed E-state index contributed by atoms with van der Waals surface area (Å²) in [4.78, 5) is 0. The molecule has 0 bridgehead atoms. The van der Waals surface area contributed by atoms with E-state index < -0.39 is 0 Å². The van der Waals surface area contributed by atoms with Crippen molar-refractivity contribution in [3.8, 4) is 6.07 Å². The molecule has 3 rings (SSSR count). The molecule has 0 saturated carbocycles. The second-order valence-corrected chi connectivity index (χ2v) is 4.74. The van der Waals surface area contributed by atoms with E-state index in [1.54, 1.807) is 23.7 Å². The van der Waals surface area contributed by atoms with Crippen LogP contribution in [0.4, 0.5) is 0 Å². The highest BCUT2D eigenvalue weighted by atomic mass is 32.1. The number of nitrogens with zero attached hydrogens (tertiary/aromatic N) is 1. The molecule has 0 fully saturated rings. The van der Waals surface area contributed by atoms with E-state index in [0.717, 1.165) is 10.9 Å². The van der Waals surface area contributed by atoms with Crippen molar-refractivity contribution in [3.05, 3.63) is 59.4 Å². The lowest BCUT2D eigenvalue weighted by Crippen LogP contribution is -1.78. The summed E-state index contributed by atoms with van der Waals surface area (Å²) in [5.41, 5.74) is 1.59. The van der Waals surface area contributed by atoms with Gasteiger partial charge in [0.15, 0.2) is 0 Å². The van der Waals surface area contributed by atoms with Crippen LogP contribution in [0.15, 0.2) is 52.5 Å². The molecule has 1 aromatic carbocycles. The van der Waals surface area contributed by atoms with Crippen molar-refractivity contribution in [1.82, 2.24) is 0 Å². The van der Waals surface area contributed by atoms with Crippen LogP contribution < -0.4 is 0 Å². The summed E-state index contributed by atoms with van der Waals surface area (Å²) >= 11 is 1.65. The fraction of sp³-hybridized carbons (Fsp3) is 0. The zero-order chi connectivity index (χ0) is 12.4. The molecule has 0 aliphatic heterocycles. The van der Waals surface area contributed by atoms with Gasteiger partial charge in [0, 0.05) is 21.0 Å². The van der Waals surface area contributed by atoms with Crippen molar-refractivity contribution in [2.45, 2.75) is 0 Å². The predicted molar refractivity (Wildman–Crippen MR) is 74.0 cm³/mol. The number of rotatable bonds is 2. The standard InChI is InChI=1S/C15H9NOS/c16-9-11(8-12-4-3-7-17-12)14-10-18-15-6-2-1-5-13(14)15/h1-8,10H. The first kappa shape index (κ1) is 10.8. The maximum Gasteiger partial charge on any atom is 0.127 e. The Kier molecular flexibility index (Phi) is 2.71. The van der Waals surface area contributed by atoms with Gasteiger partial charge in [-0.15, -0.1) is 11.3 Å². The molecule has 18 heavy (non-hydrogen) atoms. The van der Waals surface area contributed by atoms with Gasteiger partial charge >= 0.3 is 0 Å². The summed E-state index contributed by atoms with van der Waals surface area (Å²) in [6, 6.07) is 14.0. The smallest absolute Gasteiger partial charge is 0.127 e. The van der Waals surface area contributed by atoms with Crippen molar-refractivity contribution in [2.75, 3.05) is 0 Å². The summed E-state index contributed by atoms with van der Waals surface area (Å²) < 4.78 is 6.44. The van der Waals surface area contributed by atoms with Gasteiger partial charge in [-0.1, -0.05) is 18.2 Å². The van der Waals surface area contributed by atoms with Gasteiger partial charge < -0.3 is 4.42 Å². The molecule has 0 saturated heterocycles. The lowest BCUT2D eigenvalue weighted by atomic mass is 10.1. The topological polar surface area (TPSA) is 36.9 Å². The first-order valence-corrected chi connectivity index (χ1v) is 6.38. The van der Waals surface area contributed by atoms with E-state index in [2.05, 4.69) is 12.1 Å². The van der Waals surface area contributed by atoms with E-state index in [1.807, 2.05) is 35.7 Å². The number of fused-ring (bicyclic) bond motifs is 1. The molecule has 3 aromatic rings. The largest absolute Gasteiger partial charge is 0.465 e. The Morgan fingerprint density at radius 3 is 2.89 bits per heavy atom. The molecule has 2 aromatic heterocycles. The van der Waals surface area contributed by atoms with Gasteiger partial charge in [-0.2, -0.15) is 5.26 Å². The monoisotopic (exact) mass is 251 g/mol. The molecular weight excluding hydrogens is 242 g/mol. The minimum atomic E-state index is 0.627. The van der Waals surface area contributed by atoms with Crippen molar-refractivity contribution in [2.24, 2.45) is 0 Å². The second kappa shape index (κ2) is 4.52. The minimum absolute atomic E-state index is 0.627. The second-order valence-electron chi connectivity index (χ2n) is 3.83. The number of benzene rings is 1. The maximum atomic E-state index is 9.30. The van der Waals surface area contributed by atoms with E-state index >= 15 is 0 Å². The number of hydrogen-bond donors (Lipinski definition) is 0. The van der Waals surface area contributed by atoms with Gasteiger partial charge in [0.1, 0.15) is 5.76 Å². The first-order chi connectivity index (χ1) is 8.88. The minimum Gasteiger partial charge on any atom is -0.465 e. The quantitative estimate of drug-likeness (QED) is 0.626. The zero-order valence-electron chi connectivity index (χ0n) is 9.46. The van der Waals surface area contributed by atoms with Crippen LogP contribution >= 0.6 is 11.3 Å². The molecule has 86 valence electrons. The highest BCUT2D eigenvalue weighted by molar-refractivity contribution is 7.17. The average Bonchev–Trinajstić information content (AvgIpc) is 3.05. The van der Waals surface area contributed by atoms with Gasteiger partial charge in [-0.25, -0.2) is 0 Å². The van der Waals surface area contributed by atoms with Gasteiger partial charge in [-0.05, 0) is 24.3 Å². The molecular formula is C15H9NOS. The molecule has 0 radical (unpaired) electrons. The fourth-order valence-corrected chi connectivity index (χ4v) is 2.83. The van der Waals surface area contributed by atoms with Crippen LogP contribution in [0.1, 0.15) is 11.3 Å². The van der Waals surface area contributed by atoms with Crippen molar-refractivity contribution >= 4 is 33.1 Å². The highest BCUT2D eigenvalue weighted by Gasteiger charge is 2.08. The third-order valence-corrected chi connectivity index (χ3v) is 3.68. The normalized spacial score (nSPS) is 11.6. The molecule has 2 nitrogen and oxygen atoms in total. The van der Waals surface area contributed by atoms with Crippen LogP contribution in [0.3, 0.4) is 0 Å². The average molecular weight is 251 g/mol. The molecule has 3 heteroatoms. The van der Waals surface area contributed by atoms with E-state index in [-0.39, 0.29) is 0 Å². The number of thiophene rings is 1. The maximum absolute atomic E-state index is 9.30. The van der Waals surface area contributed by atoms with Crippen LogP contribution in [-0.4, -0.2) is 0 Å². The molecule has 0 unspecified atom stereocenters. The van der Waals surface area contributed by atoms with Gasteiger partial charge in [-0.3, -0.25) is 0 Å². The predicted octanol–water partition coefficient (Wildman–Crippen LogP) is 4.56. The number of hydrogen-bond acceptors (Lipinski definition) is 3. The van der Waals surface area contributed by atoms with Crippen LogP contribution in [0.25, 0.3) is 21.7 Å². The fourth-order valence-electron chi connectivity index (χ4n) is 1.87. The van der Waals surface area contributed by atoms with Crippen LogP contribution in [-0.2, 0) is 0 Å². The molecule has 0 spiro atoms. The Labute approximate surface area is 108 Å². The Bertz CT molecular complexity index is 744. The van der Waals surface area contributed by atoms with E-state index in [4.69, 9.17) is 4.42 Å². The van der Waals surface area contributed by atoms with Crippen LogP contribution in [0, 0.1) is 11.3 Å². The lowest BCUT2D eigenvalue weighted by molar-refractivity contribution is 0.557. The number of nitriles is 1. The zero-order valence-corrected chi connectivity index (χ0v) is 10.3.